The summed E-state index contributed by atoms with van der Waals surface area (Å²) in [5, 5.41) is 3.59. The van der Waals surface area contributed by atoms with Crippen molar-refractivity contribution in [2.45, 2.75) is 6.54 Å². The molecular weight excluding hydrogens is 172 g/mol. The quantitative estimate of drug-likeness (QED) is 0.629. The van der Waals surface area contributed by atoms with Gasteiger partial charge in [-0.15, -0.1) is 0 Å². The summed E-state index contributed by atoms with van der Waals surface area (Å²) in [5.41, 5.74) is -0.188. The first-order valence-corrected chi connectivity index (χ1v) is 3.62. The first kappa shape index (κ1) is 7.66. The van der Waals surface area contributed by atoms with Crippen molar-refractivity contribution in [3.8, 4) is 0 Å². The maximum atomic E-state index is 11.2. The van der Waals surface area contributed by atoms with Crippen LogP contribution >= 0.6 is 0 Å². The van der Waals surface area contributed by atoms with E-state index in [9.17, 15) is 4.79 Å². The van der Waals surface area contributed by atoms with E-state index in [0.29, 0.717) is 12.4 Å². The average Bonchev–Trinajstić information content (AvgIpc) is 2.61. The lowest BCUT2D eigenvalue weighted by molar-refractivity contribution is 0.408. The van der Waals surface area contributed by atoms with Crippen molar-refractivity contribution in [2.24, 2.45) is 0 Å². The molecule has 13 heavy (non-hydrogen) atoms. The minimum absolute atomic E-state index is 0.188. The molecule has 0 radical (unpaired) electrons. The molecule has 0 saturated heterocycles. The van der Waals surface area contributed by atoms with Crippen molar-refractivity contribution in [1.29, 1.82) is 0 Å². The normalized spacial score (nSPS) is 10.2. The monoisotopic (exact) mass is 178 g/mol. The Balaban J connectivity index is 2.29. The zero-order valence-electron chi connectivity index (χ0n) is 6.62. The molecule has 2 aromatic rings. The van der Waals surface area contributed by atoms with Crippen LogP contribution in [0, 0.1) is 0 Å². The first-order valence-electron chi connectivity index (χ1n) is 3.62. The molecule has 0 aromatic carbocycles. The van der Waals surface area contributed by atoms with Crippen molar-refractivity contribution in [2.75, 3.05) is 0 Å². The van der Waals surface area contributed by atoms with Gasteiger partial charge in [0, 0.05) is 12.4 Å². The third-order valence-electron chi connectivity index (χ3n) is 1.52. The SMILES string of the molecule is O=c1cnccn1Cc1ncon1. The smallest absolute Gasteiger partial charge is 0.269 e. The molecule has 6 nitrogen and oxygen atoms in total. The van der Waals surface area contributed by atoms with Gasteiger partial charge in [0.2, 0.25) is 6.39 Å². The molecule has 0 aliphatic heterocycles. The molecule has 0 spiro atoms. The van der Waals surface area contributed by atoms with Gasteiger partial charge in [-0.1, -0.05) is 5.16 Å². The highest BCUT2D eigenvalue weighted by atomic mass is 16.5. The van der Waals surface area contributed by atoms with Gasteiger partial charge in [0.05, 0.1) is 12.7 Å². The molecule has 0 N–H and O–H groups in total. The zero-order valence-corrected chi connectivity index (χ0v) is 6.62. The van der Waals surface area contributed by atoms with Crippen LogP contribution in [-0.4, -0.2) is 19.7 Å². The molecule has 6 heteroatoms. The van der Waals surface area contributed by atoms with E-state index < -0.39 is 0 Å². The summed E-state index contributed by atoms with van der Waals surface area (Å²) in [4.78, 5) is 18.6. The summed E-state index contributed by atoms with van der Waals surface area (Å²) < 4.78 is 5.98. The molecule has 0 amide bonds. The van der Waals surface area contributed by atoms with Crippen molar-refractivity contribution in [3.63, 3.8) is 0 Å². The van der Waals surface area contributed by atoms with Crippen molar-refractivity contribution in [3.05, 3.63) is 41.2 Å². The lowest BCUT2D eigenvalue weighted by atomic mass is 10.5. The van der Waals surface area contributed by atoms with Crippen LogP contribution in [0.3, 0.4) is 0 Å². The Hall–Kier alpha value is -1.98. The Morgan fingerprint density at radius 3 is 3.15 bits per heavy atom. The number of rotatable bonds is 2. The Kier molecular flexibility index (Phi) is 1.87. The topological polar surface area (TPSA) is 73.8 Å². The van der Waals surface area contributed by atoms with Gasteiger partial charge in [0.1, 0.15) is 0 Å². The number of nitrogens with zero attached hydrogens (tertiary/aromatic N) is 4. The second kappa shape index (κ2) is 3.18. The minimum atomic E-state index is -0.188. The maximum absolute atomic E-state index is 11.2. The van der Waals surface area contributed by atoms with Crippen molar-refractivity contribution < 1.29 is 4.52 Å². The first-order chi connectivity index (χ1) is 6.36. The summed E-state index contributed by atoms with van der Waals surface area (Å²) >= 11 is 0. The lowest BCUT2D eigenvalue weighted by Gasteiger charge is -1.98. The molecule has 0 aliphatic rings. The van der Waals surface area contributed by atoms with Crippen LogP contribution in [0.5, 0.6) is 0 Å². The van der Waals surface area contributed by atoms with E-state index in [-0.39, 0.29) is 5.56 Å². The van der Waals surface area contributed by atoms with Crippen LogP contribution < -0.4 is 5.56 Å². The zero-order chi connectivity index (χ0) is 9.10. The Morgan fingerprint density at radius 1 is 1.54 bits per heavy atom. The number of hydrogen-bond acceptors (Lipinski definition) is 5. The van der Waals surface area contributed by atoms with Crippen LogP contribution in [0.1, 0.15) is 5.82 Å². The summed E-state index contributed by atoms with van der Waals surface area (Å²) in [7, 11) is 0. The van der Waals surface area contributed by atoms with E-state index in [1.165, 1.54) is 23.4 Å². The number of hydrogen-bond donors (Lipinski definition) is 0. The van der Waals surface area contributed by atoms with E-state index in [1.807, 2.05) is 0 Å². The predicted molar refractivity (Wildman–Crippen MR) is 41.9 cm³/mol. The molecule has 2 rings (SSSR count). The van der Waals surface area contributed by atoms with Crippen LogP contribution in [0.4, 0.5) is 0 Å². The molecule has 0 atom stereocenters. The van der Waals surface area contributed by atoms with E-state index >= 15 is 0 Å². The van der Waals surface area contributed by atoms with Gasteiger partial charge in [-0.05, 0) is 0 Å². The molecule has 0 unspecified atom stereocenters. The maximum Gasteiger partial charge on any atom is 0.269 e. The van der Waals surface area contributed by atoms with Crippen LogP contribution in [0.15, 0.2) is 34.3 Å². The Bertz CT molecular complexity index is 434. The highest BCUT2D eigenvalue weighted by Gasteiger charge is 2.00. The van der Waals surface area contributed by atoms with Gasteiger partial charge in [-0.3, -0.25) is 9.78 Å². The molecular formula is C7H6N4O2. The molecule has 0 bridgehead atoms. The van der Waals surface area contributed by atoms with E-state index in [4.69, 9.17) is 0 Å². The molecule has 2 heterocycles. The van der Waals surface area contributed by atoms with Gasteiger partial charge < -0.3 is 9.09 Å². The van der Waals surface area contributed by atoms with E-state index in [2.05, 4.69) is 19.6 Å². The molecule has 0 aliphatic carbocycles. The van der Waals surface area contributed by atoms with Crippen LogP contribution in [-0.2, 0) is 6.54 Å². The Labute approximate surface area is 72.8 Å². The summed E-state index contributed by atoms with van der Waals surface area (Å²) in [6, 6.07) is 0. The summed E-state index contributed by atoms with van der Waals surface area (Å²) in [6.45, 7) is 0.303. The number of aromatic nitrogens is 4. The average molecular weight is 178 g/mol. The van der Waals surface area contributed by atoms with Crippen LogP contribution in [0.2, 0.25) is 0 Å². The fourth-order valence-corrected chi connectivity index (χ4v) is 0.918. The van der Waals surface area contributed by atoms with Crippen molar-refractivity contribution in [1.82, 2.24) is 19.7 Å². The second-order valence-corrected chi connectivity index (χ2v) is 2.39. The van der Waals surface area contributed by atoms with E-state index in [0.717, 1.165) is 0 Å². The highest BCUT2D eigenvalue weighted by molar-refractivity contribution is 4.86. The van der Waals surface area contributed by atoms with Gasteiger partial charge >= 0.3 is 0 Å². The highest BCUT2D eigenvalue weighted by Crippen LogP contribution is 1.90. The third-order valence-corrected chi connectivity index (χ3v) is 1.52. The van der Waals surface area contributed by atoms with E-state index in [1.54, 1.807) is 6.20 Å². The predicted octanol–water partition coefficient (Wildman–Crippen LogP) is -0.325. The fraction of sp³-hybridized carbons (Fsp3) is 0.143. The molecule has 0 saturated carbocycles. The molecule has 0 fully saturated rings. The third kappa shape index (κ3) is 1.61. The summed E-state index contributed by atoms with van der Waals surface area (Å²) in [6.07, 6.45) is 5.56. The minimum Gasteiger partial charge on any atom is -0.343 e. The molecule has 66 valence electrons. The van der Waals surface area contributed by atoms with Gasteiger partial charge in [0.25, 0.3) is 5.56 Å². The van der Waals surface area contributed by atoms with Gasteiger partial charge in [-0.25, -0.2) is 0 Å². The lowest BCUT2D eigenvalue weighted by Crippen LogP contribution is -2.19. The van der Waals surface area contributed by atoms with Crippen LogP contribution in [0.25, 0.3) is 0 Å². The summed E-state index contributed by atoms with van der Waals surface area (Å²) in [5.74, 6) is 0.466. The van der Waals surface area contributed by atoms with Crippen molar-refractivity contribution >= 4 is 0 Å². The fourth-order valence-electron chi connectivity index (χ4n) is 0.918. The standard InChI is InChI=1S/C7H6N4O2/c12-7-3-8-1-2-11(7)4-6-9-5-13-10-6/h1-3,5H,4H2. The largest absolute Gasteiger partial charge is 0.343 e. The second-order valence-electron chi connectivity index (χ2n) is 2.39. The van der Waals surface area contributed by atoms with Gasteiger partial charge in [-0.2, -0.15) is 4.98 Å². The molecule has 2 aromatic heterocycles. The van der Waals surface area contributed by atoms with Gasteiger partial charge in [0.15, 0.2) is 5.82 Å². The Morgan fingerprint density at radius 2 is 2.46 bits per heavy atom.